The molecule has 2 aromatic carbocycles. The van der Waals surface area contributed by atoms with Crippen LogP contribution < -0.4 is 10.6 Å². The number of aliphatic imine (C=N–C) groups is 2. The zero-order valence-corrected chi connectivity index (χ0v) is 20.5. The first-order valence-corrected chi connectivity index (χ1v) is 12.5. The second-order valence-electron chi connectivity index (χ2n) is 9.87. The highest BCUT2D eigenvalue weighted by atomic mass is 16.5. The van der Waals surface area contributed by atoms with Crippen molar-refractivity contribution in [2.45, 2.75) is 32.6 Å². The highest BCUT2D eigenvalue weighted by Crippen LogP contribution is 2.41. The molecule has 1 aromatic heterocycles. The van der Waals surface area contributed by atoms with Crippen molar-refractivity contribution in [3.8, 4) is 11.6 Å². The number of aromatic nitrogens is 1. The van der Waals surface area contributed by atoms with Gasteiger partial charge in [0.15, 0.2) is 0 Å². The van der Waals surface area contributed by atoms with Crippen LogP contribution in [0.2, 0.25) is 0 Å². The lowest BCUT2D eigenvalue weighted by Gasteiger charge is -2.28. The maximum Gasteiger partial charge on any atom is 0.306 e. The Morgan fingerprint density at radius 1 is 1.08 bits per heavy atom. The molecule has 3 aromatic rings. The molecule has 3 N–H and O–H groups in total. The first-order valence-electron chi connectivity index (χ1n) is 12.5. The maximum atomic E-state index is 11.4. The summed E-state index contributed by atoms with van der Waals surface area (Å²) in [5, 5.41) is 10.4. The van der Waals surface area contributed by atoms with Crippen molar-refractivity contribution in [2.24, 2.45) is 27.7 Å². The number of fused-ring (bicyclic) bond motifs is 2. The molecular weight excluding hydrogens is 466 g/mol. The molecule has 8 nitrogen and oxygen atoms in total. The largest absolute Gasteiger partial charge is 0.481 e. The zero-order chi connectivity index (χ0) is 25.6. The van der Waals surface area contributed by atoms with Crippen molar-refractivity contribution in [1.29, 1.82) is 0 Å². The van der Waals surface area contributed by atoms with Crippen molar-refractivity contribution in [1.82, 2.24) is 4.98 Å². The number of rotatable bonds is 5. The topological polar surface area (TPSA) is 110 Å². The molecule has 1 aliphatic carbocycles. The predicted octanol–water partition coefficient (Wildman–Crippen LogP) is 5.44. The molecule has 1 fully saturated rings. The number of carbonyl (C=O) groups is 1. The van der Waals surface area contributed by atoms with Crippen LogP contribution in [-0.2, 0) is 4.79 Å². The minimum Gasteiger partial charge on any atom is -0.481 e. The van der Waals surface area contributed by atoms with Gasteiger partial charge in [-0.1, -0.05) is 24.3 Å². The number of carboxylic acids is 1. The number of nitrogens with zero attached hydrogens (tertiary/aromatic N) is 4. The molecule has 6 rings (SSSR count). The number of aliphatic carboxylic acids is 1. The van der Waals surface area contributed by atoms with Gasteiger partial charge in [0.2, 0.25) is 11.6 Å². The normalized spacial score (nSPS) is 24.8. The second kappa shape index (κ2) is 9.06. The Kier molecular flexibility index (Phi) is 5.70. The molecule has 3 aliphatic rings. The van der Waals surface area contributed by atoms with Gasteiger partial charge in [0.05, 0.1) is 29.4 Å². The van der Waals surface area contributed by atoms with Crippen molar-refractivity contribution in [2.75, 3.05) is 0 Å². The highest BCUT2D eigenvalue weighted by Gasteiger charge is 2.46. The fourth-order valence-electron chi connectivity index (χ4n) is 5.49. The summed E-state index contributed by atoms with van der Waals surface area (Å²) >= 11 is 0. The van der Waals surface area contributed by atoms with Crippen LogP contribution >= 0.6 is 0 Å². The lowest BCUT2D eigenvalue weighted by molar-refractivity contribution is -0.750. The third kappa shape index (κ3) is 4.14. The first-order chi connectivity index (χ1) is 17.9. The molecule has 0 radical (unpaired) electrons. The van der Waals surface area contributed by atoms with E-state index < -0.39 is 5.97 Å². The third-order valence-electron chi connectivity index (χ3n) is 7.50. The summed E-state index contributed by atoms with van der Waals surface area (Å²) in [6.07, 6.45) is 8.13. The quantitative estimate of drug-likeness (QED) is 0.362. The monoisotopic (exact) mass is 494 g/mol. The second-order valence-corrected chi connectivity index (χ2v) is 9.87. The number of benzene rings is 2. The summed E-state index contributed by atoms with van der Waals surface area (Å²) in [7, 11) is 0. The number of aryl methyl sites for hydroxylation is 1. The van der Waals surface area contributed by atoms with E-state index in [1.54, 1.807) is 12.4 Å². The molecule has 0 saturated heterocycles. The first kappa shape index (κ1) is 23.3. The number of ether oxygens (including phenoxy) is 1. The van der Waals surface area contributed by atoms with E-state index in [9.17, 15) is 9.90 Å². The van der Waals surface area contributed by atoms with Crippen LogP contribution in [0.15, 0.2) is 88.4 Å². The summed E-state index contributed by atoms with van der Waals surface area (Å²) in [5.74, 6) is 8.05. The number of quaternary nitrogens is 1. The Morgan fingerprint density at radius 2 is 1.86 bits per heavy atom. The Morgan fingerprint density at radius 3 is 2.62 bits per heavy atom. The molecule has 8 heteroatoms. The van der Waals surface area contributed by atoms with Crippen molar-refractivity contribution in [3.05, 3.63) is 89.5 Å². The van der Waals surface area contributed by atoms with E-state index in [1.165, 1.54) is 0 Å². The summed E-state index contributed by atoms with van der Waals surface area (Å²) in [6.45, 7) is 2.04. The van der Waals surface area contributed by atoms with E-state index in [1.807, 2.05) is 67.7 Å². The Labute approximate surface area is 214 Å². The molecule has 1 unspecified atom stereocenters. The summed E-state index contributed by atoms with van der Waals surface area (Å²) in [6, 6.07) is 17.6. The van der Waals surface area contributed by atoms with Gasteiger partial charge >= 0.3 is 5.97 Å². The molecule has 186 valence electrons. The third-order valence-corrected chi connectivity index (χ3v) is 7.50. The van der Waals surface area contributed by atoms with Gasteiger partial charge < -0.3 is 9.84 Å². The van der Waals surface area contributed by atoms with Gasteiger partial charge in [-0.15, -0.1) is 4.59 Å². The lowest BCUT2D eigenvalue weighted by atomic mass is 9.80. The highest BCUT2D eigenvalue weighted by molar-refractivity contribution is 6.02. The van der Waals surface area contributed by atoms with Gasteiger partial charge in [0, 0.05) is 17.4 Å². The van der Waals surface area contributed by atoms with Gasteiger partial charge in [0.1, 0.15) is 17.6 Å². The van der Waals surface area contributed by atoms with Crippen LogP contribution in [0.4, 0.5) is 0 Å². The molecule has 0 bridgehead atoms. The number of allylic oxidation sites excluding steroid dienone is 2. The van der Waals surface area contributed by atoms with Crippen LogP contribution in [0.1, 0.15) is 36.8 Å². The molecule has 0 spiro atoms. The van der Waals surface area contributed by atoms with E-state index in [4.69, 9.17) is 20.6 Å². The van der Waals surface area contributed by atoms with Crippen molar-refractivity contribution >= 4 is 28.9 Å². The van der Waals surface area contributed by atoms with Crippen LogP contribution in [0.3, 0.4) is 0 Å². The van der Waals surface area contributed by atoms with Crippen LogP contribution in [0.25, 0.3) is 10.9 Å². The van der Waals surface area contributed by atoms with Gasteiger partial charge in [-0.25, -0.2) is 4.98 Å². The molecule has 2 aliphatic heterocycles. The zero-order valence-electron chi connectivity index (χ0n) is 20.5. The minimum absolute atomic E-state index is 0.0671. The van der Waals surface area contributed by atoms with E-state index in [2.05, 4.69) is 4.99 Å². The average Bonchev–Trinajstić information content (AvgIpc) is 3.22. The number of hydrogen-bond acceptors (Lipinski definition) is 6. The molecule has 1 atom stereocenters. The molecule has 37 heavy (non-hydrogen) atoms. The Balaban J connectivity index is 1.37. The fraction of sp³-hybridized carbons (Fsp3) is 0.241. The van der Waals surface area contributed by atoms with E-state index >= 15 is 0 Å². The number of hydrogen-bond donors (Lipinski definition) is 2. The van der Waals surface area contributed by atoms with Gasteiger partial charge in [0.25, 0.3) is 5.84 Å². The van der Waals surface area contributed by atoms with Crippen LogP contribution in [0, 0.1) is 18.8 Å². The molecule has 3 heterocycles. The minimum atomic E-state index is -0.715. The smallest absolute Gasteiger partial charge is 0.306 e. The molecule has 0 amide bonds. The van der Waals surface area contributed by atoms with Crippen LogP contribution in [0.5, 0.6) is 11.6 Å². The van der Waals surface area contributed by atoms with Gasteiger partial charge in [-0.3, -0.25) is 9.79 Å². The summed E-state index contributed by atoms with van der Waals surface area (Å²) in [4.78, 5) is 25.7. The Hall–Kier alpha value is -4.14. The van der Waals surface area contributed by atoms with E-state index in [0.717, 1.165) is 52.0 Å². The van der Waals surface area contributed by atoms with E-state index in [-0.39, 0.29) is 16.4 Å². The predicted molar refractivity (Wildman–Crippen MR) is 142 cm³/mol. The van der Waals surface area contributed by atoms with Gasteiger partial charge in [-0.2, -0.15) is 10.8 Å². The lowest BCUT2D eigenvalue weighted by Crippen LogP contribution is -2.53. The van der Waals surface area contributed by atoms with Gasteiger partial charge in [-0.05, 0) is 62.4 Å². The standard InChI is InChI=1S/C29H27N5O3/c1-18-15-26(37-22-5-3-2-4-6-22)32-24-16-21(11-12-23(18)24)28-33-27(25-17-31-13-14-34(25,28)30)19-7-9-20(10-8-19)29(35)36/h2-6,11-17,19-20H,7-10,30H2,1H3/p+1. The maximum absolute atomic E-state index is 11.4. The fourth-order valence-corrected chi connectivity index (χ4v) is 5.49. The Bertz CT molecular complexity index is 1520. The van der Waals surface area contributed by atoms with Crippen molar-refractivity contribution < 1.29 is 19.2 Å². The summed E-state index contributed by atoms with van der Waals surface area (Å²) < 4.78 is 5.94. The number of pyridine rings is 1. The number of amidine groups is 1. The van der Waals surface area contributed by atoms with Crippen LogP contribution in [-0.4, -0.2) is 32.7 Å². The van der Waals surface area contributed by atoms with E-state index in [0.29, 0.717) is 24.6 Å². The summed E-state index contributed by atoms with van der Waals surface area (Å²) in [5.41, 5.74) is 4.46. The number of para-hydroxylation sites is 1. The SMILES string of the molecule is Cc1cc(Oc2ccccc2)nc2cc(C3=NC(C4CCC(C(=O)O)CC4)=C4C=NC=C[N+]34N)ccc12. The molecular formula is C29H28N5O3+. The molecule has 1 saturated carbocycles. The van der Waals surface area contributed by atoms with Crippen molar-refractivity contribution in [3.63, 3.8) is 0 Å². The number of nitrogens with two attached hydrogens (primary N) is 1. The average molecular weight is 495 g/mol. The number of carboxylic acid groups (broad SMARTS) is 1.